The zero-order valence-corrected chi connectivity index (χ0v) is 8.98. The topological polar surface area (TPSA) is 21.3 Å². The minimum absolute atomic E-state index is 0.462. The molecule has 2 aliphatic rings. The highest BCUT2D eigenvalue weighted by Gasteiger charge is 2.46. The third kappa shape index (κ3) is 2.48. The van der Waals surface area contributed by atoms with Crippen LogP contribution in [0.3, 0.4) is 0 Å². The van der Waals surface area contributed by atoms with Gasteiger partial charge in [0.15, 0.2) is 0 Å². The Morgan fingerprint density at radius 2 is 1.80 bits per heavy atom. The van der Waals surface area contributed by atoms with Crippen LogP contribution in [0.5, 0.6) is 0 Å². The Labute approximate surface area is 89.4 Å². The summed E-state index contributed by atoms with van der Waals surface area (Å²) in [4.78, 5) is 0. The first-order valence-electron chi connectivity index (χ1n) is 5.87. The molecule has 2 saturated heterocycles. The molecule has 2 aliphatic heterocycles. The molecule has 0 saturated carbocycles. The van der Waals surface area contributed by atoms with E-state index in [0.717, 1.165) is 13.0 Å². The fourth-order valence-corrected chi connectivity index (χ4v) is 2.60. The Morgan fingerprint density at radius 3 is 2.40 bits per heavy atom. The maximum atomic E-state index is 14.1. The third-order valence-electron chi connectivity index (χ3n) is 3.61. The lowest BCUT2D eigenvalue weighted by Gasteiger charge is -2.37. The molecule has 0 aromatic heterocycles. The standard InChI is InChI=1S/C11H19F2NO/c12-11(13,9-3-6-15-7-4-9)10-2-1-5-14-8-10/h9-10,14H,1-8H2. The van der Waals surface area contributed by atoms with Crippen molar-refractivity contribution in [3.8, 4) is 0 Å². The van der Waals surface area contributed by atoms with E-state index in [9.17, 15) is 8.78 Å². The number of hydrogen-bond donors (Lipinski definition) is 1. The summed E-state index contributed by atoms with van der Waals surface area (Å²) < 4.78 is 33.3. The number of ether oxygens (including phenoxy) is 1. The van der Waals surface area contributed by atoms with Gasteiger partial charge in [0.2, 0.25) is 0 Å². The third-order valence-corrected chi connectivity index (χ3v) is 3.61. The van der Waals surface area contributed by atoms with E-state index in [1.807, 2.05) is 0 Å². The van der Waals surface area contributed by atoms with Crippen LogP contribution < -0.4 is 5.32 Å². The Kier molecular flexibility index (Phi) is 3.57. The Morgan fingerprint density at radius 1 is 1.07 bits per heavy atom. The summed E-state index contributed by atoms with van der Waals surface area (Å²) in [6, 6.07) is 0. The Bertz CT molecular complexity index is 179. The van der Waals surface area contributed by atoms with Crippen molar-refractivity contribution >= 4 is 0 Å². The van der Waals surface area contributed by atoms with Gasteiger partial charge in [-0.3, -0.25) is 0 Å². The quantitative estimate of drug-likeness (QED) is 0.767. The predicted octanol–water partition coefficient (Wildman–Crippen LogP) is 2.05. The van der Waals surface area contributed by atoms with Crippen LogP contribution in [0.2, 0.25) is 0 Å². The maximum absolute atomic E-state index is 14.1. The van der Waals surface area contributed by atoms with E-state index in [2.05, 4.69) is 5.32 Å². The fraction of sp³-hybridized carbons (Fsp3) is 1.00. The summed E-state index contributed by atoms with van der Waals surface area (Å²) in [5, 5.41) is 3.07. The first kappa shape index (κ1) is 11.3. The molecular formula is C11H19F2NO. The first-order chi connectivity index (χ1) is 7.21. The molecule has 1 atom stereocenters. The average Bonchev–Trinajstić information content (AvgIpc) is 2.31. The SMILES string of the molecule is FC(F)(C1CCOCC1)C1CCCNC1. The zero-order valence-electron chi connectivity index (χ0n) is 8.98. The van der Waals surface area contributed by atoms with Crippen LogP contribution in [-0.4, -0.2) is 32.2 Å². The molecule has 88 valence electrons. The summed E-state index contributed by atoms with van der Waals surface area (Å²) in [5.74, 6) is -3.43. The Balaban J connectivity index is 1.96. The number of piperidine rings is 1. The first-order valence-corrected chi connectivity index (χ1v) is 5.87. The van der Waals surface area contributed by atoms with E-state index in [1.54, 1.807) is 0 Å². The van der Waals surface area contributed by atoms with Crippen molar-refractivity contribution < 1.29 is 13.5 Å². The van der Waals surface area contributed by atoms with Crippen molar-refractivity contribution in [1.82, 2.24) is 5.32 Å². The van der Waals surface area contributed by atoms with Crippen molar-refractivity contribution in [3.05, 3.63) is 0 Å². The summed E-state index contributed by atoms with van der Waals surface area (Å²) >= 11 is 0. The molecular weight excluding hydrogens is 200 g/mol. The zero-order chi connectivity index (χ0) is 10.7. The molecule has 2 fully saturated rings. The van der Waals surface area contributed by atoms with Crippen LogP contribution in [0.25, 0.3) is 0 Å². The van der Waals surface area contributed by atoms with Crippen molar-refractivity contribution in [3.63, 3.8) is 0 Å². The van der Waals surface area contributed by atoms with Gasteiger partial charge in [-0.25, -0.2) is 8.78 Å². The maximum Gasteiger partial charge on any atom is 0.255 e. The molecule has 1 unspecified atom stereocenters. The molecule has 0 spiro atoms. The molecule has 2 heterocycles. The van der Waals surface area contributed by atoms with Crippen molar-refractivity contribution in [2.75, 3.05) is 26.3 Å². The molecule has 2 rings (SSSR count). The second-order valence-electron chi connectivity index (χ2n) is 4.60. The minimum Gasteiger partial charge on any atom is -0.381 e. The molecule has 0 bridgehead atoms. The number of nitrogens with one attached hydrogen (secondary N) is 1. The van der Waals surface area contributed by atoms with E-state index in [4.69, 9.17) is 4.74 Å². The molecule has 1 N–H and O–H groups in total. The van der Waals surface area contributed by atoms with Gasteiger partial charge in [-0.15, -0.1) is 0 Å². The predicted molar refractivity (Wildman–Crippen MR) is 54.1 cm³/mol. The van der Waals surface area contributed by atoms with Gasteiger partial charge in [0, 0.05) is 31.6 Å². The molecule has 0 radical (unpaired) electrons. The summed E-state index contributed by atoms with van der Waals surface area (Å²) in [5.41, 5.74) is 0. The van der Waals surface area contributed by atoms with E-state index < -0.39 is 17.8 Å². The van der Waals surface area contributed by atoms with Gasteiger partial charge < -0.3 is 10.1 Å². The smallest absolute Gasteiger partial charge is 0.255 e. The van der Waals surface area contributed by atoms with Gasteiger partial charge in [0.05, 0.1) is 0 Å². The number of hydrogen-bond acceptors (Lipinski definition) is 2. The lowest BCUT2D eigenvalue weighted by atomic mass is 9.81. The number of rotatable bonds is 2. The van der Waals surface area contributed by atoms with Crippen molar-refractivity contribution in [2.24, 2.45) is 11.8 Å². The molecule has 4 heteroatoms. The summed E-state index contributed by atoms with van der Waals surface area (Å²) in [6.45, 7) is 2.37. The van der Waals surface area contributed by atoms with Gasteiger partial charge in [0.25, 0.3) is 5.92 Å². The highest BCUT2D eigenvalue weighted by Crippen LogP contribution is 2.40. The van der Waals surface area contributed by atoms with E-state index in [-0.39, 0.29) is 0 Å². The fourth-order valence-electron chi connectivity index (χ4n) is 2.60. The molecule has 0 aromatic carbocycles. The van der Waals surface area contributed by atoms with Crippen LogP contribution in [0.1, 0.15) is 25.7 Å². The van der Waals surface area contributed by atoms with Gasteiger partial charge in [-0.2, -0.15) is 0 Å². The minimum atomic E-state index is -2.50. The molecule has 2 nitrogen and oxygen atoms in total. The lowest BCUT2D eigenvalue weighted by molar-refractivity contribution is -0.139. The highest BCUT2D eigenvalue weighted by molar-refractivity contribution is 4.88. The van der Waals surface area contributed by atoms with Gasteiger partial charge in [-0.05, 0) is 32.2 Å². The van der Waals surface area contributed by atoms with Gasteiger partial charge in [-0.1, -0.05) is 0 Å². The summed E-state index contributed by atoms with van der Waals surface area (Å²) in [6.07, 6.45) is 2.58. The highest BCUT2D eigenvalue weighted by atomic mass is 19.3. The van der Waals surface area contributed by atoms with E-state index in [0.29, 0.717) is 39.0 Å². The van der Waals surface area contributed by atoms with E-state index in [1.165, 1.54) is 0 Å². The van der Waals surface area contributed by atoms with Crippen LogP contribution in [0.15, 0.2) is 0 Å². The van der Waals surface area contributed by atoms with Gasteiger partial charge >= 0.3 is 0 Å². The Hall–Kier alpha value is -0.220. The second kappa shape index (κ2) is 4.74. The van der Waals surface area contributed by atoms with Crippen LogP contribution in [0.4, 0.5) is 8.78 Å². The lowest BCUT2D eigenvalue weighted by Crippen LogP contribution is -2.46. The number of alkyl halides is 2. The van der Waals surface area contributed by atoms with Gasteiger partial charge in [0.1, 0.15) is 0 Å². The average molecular weight is 219 g/mol. The molecule has 0 aliphatic carbocycles. The van der Waals surface area contributed by atoms with E-state index >= 15 is 0 Å². The van der Waals surface area contributed by atoms with Crippen LogP contribution >= 0.6 is 0 Å². The van der Waals surface area contributed by atoms with Crippen LogP contribution in [0, 0.1) is 11.8 Å². The normalized spacial score (nSPS) is 30.4. The van der Waals surface area contributed by atoms with Crippen molar-refractivity contribution in [2.45, 2.75) is 31.6 Å². The van der Waals surface area contributed by atoms with Crippen LogP contribution in [-0.2, 0) is 4.74 Å². The molecule has 0 aromatic rings. The summed E-state index contributed by atoms with van der Waals surface area (Å²) in [7, 11) is 0. The number of halogens is 2. The molecule has 0 amide bonds. The van der Waals surface area contributed by atoms with Crippen molar-refractivity contribution in [1.29, 1.82) is 0 Å². The largest absolute Gasteiger partial charge is 0.381 e. The molecule has 15 heavy (non-hydrogen) atoms. The second-order valence-corrected chi connectivity index (χ2v) is 4.60. The monoisotopic (exact) mass is 219 g/mol.